The Morgan fingerprint density at radius 1 is 1.50 bits per heavy atom. The molecule has 0 radical (unpaired) electrons. The Morgan fingerprint density at radius 2 is 2.00 bits per heavy atom. The number of hydrogen-bond acceptors (Lipinski definition) is 4. The maximum atomic E-state index is 10.1. The number of hydrazine groups is 1. The van der Waals surface area contributed by atoms with Crippen molar-refractivity contribution in [2.75, 3.05) is 0 Å². The highest BCUT2D eigenvalue weighted by Gasteiger charge is 2.18. The average Bonchev–Trinajstić information content (AvgIpc) is 1.81. The van der Waals surface area contributed by atoms with E-state index in [2.05, 4.69) is 0 Å². The number of carboxylic acid groups (broad SMARTS) is 2. The fourth-order valence-electron chi connectivity index (χ4n) is 0.392. The zero-order valence-electron chi connectivity index (χ0n) is 5.07. The van der Waals surface area contributed by atoms with Crippen LogP contribution in [-0.2, 0) is 9.59 Å². The van der Waals surface area contributed by atoms with Crippen molar-refractivity contribution in [2.24, 2.45) is 5.84 Å². The molecule has 0 aromatic heterocycles. The van der Waals surface area contributed by atoms with Crippen LogP contribution in [0.1, 0.15) is 6.42 Å². The molecule has 10 heavy (non-hydrogen) atoms. The number of aliphatic carboxylic acids is 2. The molecule has 5 N–H and O–H groups in total. The molecule has 0 rings (SSSR count). The molecule has 0 saturated carbocycles. The first-order valence-corrected chi connectivity index (χ1v) is 2.48. The molecule has 0 amide bonds. The number of carbonyl (C=O) groups is 2. The third kappa shape index (κ3) is 3.00. The minimum Gasteiger partial charge on any atom is -0.481 e. The lowest BCUT2D eigenvalue weighted by Gasteiger charge is -2.05. The van der Waals surface area contributed by atoms with Gasteiger partial charge in [-0.05, 0) is 0 Å². The fourth-order valence-corrected chi connectivity index (χ4v) is 0.392. The highest BCUT2D eigenvalue weighted by molar-refractivity contribution is 5.80. The van der Waals surface area contributed by atoms with Gasteiger partial charge in [0.2, 0.25) is 0 Å². The highest BCUT2D eigenvalue weighted by atomic mass is 16.4. The van der Waals surface area contributed by atoms with Crippen molar-refractivity contribution in [3.63, 3.8) is 0 Å². The molecule has 1 atom stereocenters. The van der Waals surface area contributed by atoms with Crippen molar-refractivity contribution in [1.82, 2.24) is 5.43 Å². The van der Waals surface area contributed by atoms with E-state index in [1.165, 1.54) is 0 Å². The summed E-state index contributed by atoms with van der Waals surface area (Å²) in [5, 5.41) is 16.3. The first-order valence-electron chi connectivity index (χ1n) is 2.48. The Balaban J connectivity index is 3.83. The Hall–Kier alpha value is -1.14. The topological polar surface area (TPSA) is 113 Å². The first-order chi connectivity index (χ1) is 4.57. The molecule has 0 aliphatic heterocycles. The predicted octanol–water partition coefficient (Wildman–Crippen LogP) is -1.62. The smallest absolute Gasteiger partial charge is 0.322 e. The van der Waals surface area contributed by atoms with E-state index in [0.717, 1.165) is 0 Å². The lowest BCUT2D eigenvalue weighted by Crippen LogP contribution is -2.42. The van der Waals surface area contributed by atoms with Gasteiger partial charge in [0.15, 0.2) is 0 Å². The van der Waals surface area contributed by atoms with Crippen LogP contribution in [0.4, 0.5) is 0 Å². The van der Waals surface area contributed by atoms with Gasteiger partial charge >= 0.3 is 11.9 Å². The molecular weight excluding hydrogens is 140 g/mol. The second-order valence-corrected chi connectivity index (χ2v) is 1.66. The van der Waals surface area contributed by atoms with Gasteiger partial charge in [-0.15, -0.1) is 0 Å². The van der Waals surface area contributed by atoms with Gasteiger partial charge in [0, 0.05) is 0 Å². The molecule has 0 aromatic carbocycles. The molecule has 6 nitrogen and oxygen atoms in total. The summed E-state index contributed by atoms with van der Waals surface area (Å²) < 4.78 is 0. The Bertz CT molecular complexity index is 146. The van der Waals surface area contributed by atoms with Gasteiger partial charge < -0.3 is 10.2 Å². The van der Waals surface area contributed by atoms with E-state index in [0.29, 0.717) is 0 Å². The summed E-state index contributed by atoms with van der Waals surface area (Å²) in [6.07, 6.45) is -0.522. The van der Waals surface area contributed by atoms with Crippen LogP contribution in [0.25, 0.3) is 0 Å². The van der Waals surface area contributed by atoms with Gasteiger partial charge in [0.1, 0.15) is 6.04 Å². The maximum absolute atomic E-state index is 10.1. The lowest BCUT2D eigenvalue weighted by atomic mass is 10.2. The Morgan fingerprint density at radius 3 is 2.10 bits per heavy atom. The zero-order chi connectivity index (χ0) is 8.15. The van der Waals surface area contributed by atoms with Crippen LogP contribution in [-0.4, -0.2) is 28.2 Å². The van der Waals surface area contributed by atoms with E-state index >= 15 is 0 Å². The summed E-state index contributed by atoms with van der Waals surface area (Å²) in [4.78, 5) is 20.0. The third-order valence-corrected chi connectivity index (χ3v) is 0.878. The molecule has 6 heteroatoms. The SMILES string of the molecule is NN[C@@H](CC(=O)O)C(=O)O. The van der Waals surface area contributed by atoms with Gasteiger partial charge in [-0.1, -0.05) is 0 Å². The molecule has 0 fully saturated rings. The van der Waals surface area contributed by atoms with Gasteiger partial charge in [-0.3, -0.25) is 15.4 Å². The summed E-state index contributed by atoms with van der Waals surface area (Å²) in [5.74, 6) is 2.25. The molecule has 0 aliphatic carbocycles. The van der Waals surface area contributed by atoms with E-state index in [1.807, 2.05) is 5.43 Å². The van der Waals surface area contributed by atoms with Crippen molar-refractivity contribution in [3.8, 4) is 0 Å². The highest BCUT2D eigenvalue weighted by Crippen LogP contribution is 1.89. The van der Waals surface area contributed by atoms with E-state index in [9.17, 15) is 9.59 Å². The normalized spacial score (nSPS) is 12.5. The maximum Gasteiger partial charge on any atom is 0.322 e. The molecule has 0 bridgehead atoms. The molecule has 0 aromatic rings. The molecule has 0 saturated heterocycles. The number of nitrogens with two attached hydrogens (primary N) is 1. The summed E-state index contributed by atoms with van der Waals surface area (Å²) in [6.45, 7) is 0. The largest absolute Gasteiger partial charge is 0.481 e. The van der Waals surface area contributed by atoms with E-state index < -0.39 is 24.4 Å². The van der Waals surface area contributed by atoms with Crippen LogP contribution in [0.2, 0.25) is 0 Å². The summed E-state index contributed by atoms with van der Waals surface area (Å²) in [5.41, 5.74) is 1.85. The minimum absolute atomic E-state index is 0.522. The van der Waals surface area contributed by atoms with Gasteiger partial charge in [0.25, 0.3) is 0 Å². The van der Waals surface area contributed by atoms with Gasteiger partial charge in [-0.25, -0.2) is 5.43 Å². The van der Waals surface area contributed by atoms with Gasteiger partial charge in [0.05, 0.1) is 6.42 Å². The second-order valence-electron chi connectivity index (χ2n) is 1.66. The number of carboxylic acids is 2. The van der Waals surface area contributed by atoms with Crippen LogP contribution in [0.5, 0.6) is 0 Å². The zero-order valence-corrected chi connectivity index (χ0v) is 5.07. The van der Waals surface area contributed by atoms with Crippen LogP contribution in [0, 0.1) is 0 Å². The van der Waals surface area contributed by atoms with Crippen molar-refractivity contribution < 1.29 is 19.8 Å². The van der Waals surface area contributed by atoms with Crippen molar-refractivity contribution in [2.45, 2.75) is 12.5 Å². The fraction of sp³-hybridized carbons (Fsp3) is 0.500. The molecule has 58 valence electrons. The van der Waals surface area contributed by atoms with Crippen molar-refractivity contribution in [1.29, 1.82) is 0 Å². The summed E-state index contributed by atoms with van der Waals surface area (Å²) in [7, 11) is 0. The van der Waals surface area contributed by atoms with Crippen LogP contribution >= 0.6 is 0 Å². The summed E-state index contributed by atoms with van der Waals surface area (Å²) in [6, 6.07) is -1.21. The second kappa shape index (κ2) is 3.80. The monoisotopic (exact) mass is 148 g/mol. The van der Waals surface area contributed by atoms with E-state index in [1.54, 1.807) is 0 Å². The quantitative estimate of drug-likeness (QED) is 0.281. The standard InChI is InChI=1S/C4H8N2O4/c5-6-2(4(9)10)1-3(7)8/h2,6H,1,5H2,(H,7,8)(H,9,10)/t2-/m0/s1. The summed E-state index contributed by atoms with van der Waals surface area (Å²) >= 11 is 0. The lowest BCUT2D eigenvalue weighted by molar-refractivity contribution is -0.145. The van der Waals surface area contributed by atoms with Crippen LogP contribution in [0.15, 0.2) is 0 Å². The van der Waals surface area contributed by atoms with E-state index in [4.69, 9.17) is 16.1 Å². The number of hydrogen-bond donors (Lipinski definition) is 4. The molecule has 0 spiro atoms. The number of nitrogens with one attached hydrogen (secondary N) is 1. The third-order valence-electron chi connectivity index (χ3n) is 0.878. The Kier molecular flexibility index (Phi) is 3.37. The van der Waals surface area contributed by atoms with Crippen LogP contribution < -0.4 is 11.3 Å². The first kappa shape index (κ1) is 8.86. The van der Waals surface area contributed by atoms with E-state index in [-0.39, 0.29) is 0 Å². The molecule has 0 heterocycles. The van der Waals surface area contributed by atoms with Crippen LogP contribution in [0.3, 0.4) is 0 Å². The van der Waals surface area contributed by atoms with Gasteiger partial charge in [-0.2, -0.15) is 0 Å². The number of rotatable bonds is 4. The predicted molar refractivity (Wildman–Crippen MR) is 31.0 cm³/mol. The van der Waals surface area contributed by atoms with Crippen molar-refractivity contribution >= 4 is 11.9 Å². The van der Waals surface area contributed by atoms with Crippen molar-refractivity contribution in [3.05, 3.63) is 0 Å². The molecule has 0 unspecified atom stereocenters. The minimum atomic E-state index is -1.27. The Labute approximate surface area is 56.6 Å². The molecule has 0 aliphatic rings. The average molecular weight is 148 g/mol. The molecular formula is C4H8N2O4.